The second-order valence-corrected chi connectivity index (χ2v) is 10.4. The molecule has 1 N–H and O–H groups in total. The van der Waals surface area contributed by atoms with Crippen LogP contribution in [-0.2, 0) is 22.6 Å². The number of aromatic nitrogens is 1. The molecule has 32 heavy (non-hydrogen) atoms. The first-order valence-electron chi connectivity index (χ1n) is 11.2. The molecule has 6 nitrogen and oxygen atoms in total. The molecule has 1 aromatic heterocycles. The number of thiazole rings is 1. The first kappa shape index (κ1) is 23.0. The minimum atomic E-state index is -0.104. The van der Waals surface area contributed by atoms with Gasteiger partial charge < -0.3 is 10.2 Å². The van der Waals surface area contributed by atoms with E-state index in [1.165, 1.54) is 16.7 Å². The molecule has 2 aliphatic heterocycles. The van der Waals surface area contributed by atoms with Gasteiger partial charge in [0.2, 0.25) is 11.8 Å². The molecule has 0 aliphatic carbocycles. The molecular formula is C24H30N4O2S2. The minimum absolute atomic E-state index is 0.0583. The van der Waals surface area contributed by atoms with Gasteiger partial charge in [-0.05, 0) is 43.4 Å². The fourth-order valence-corrected chi connectivity index (χ4v) is 6.07. The van der Waals surface area contributed by atoms with E-state index in [4.69, 9.17) is 0 Å². The number of likely N-dealkylation sites (tertiary alicyclic amines) is 1. The predicted molar refractivity (Wildman–Crippen MR) is 131 cm³/mol. The summed E-state index contributed by atoms with van der Waals surface area (Å²) in [5.41, 5.74) is 4.89. The average Bonchev–Trinajstić information content (AvgIpc) is 3.54. The molecule has 170 valence electrons. The second-order valence-electron chi connectivity index (χ2n) is 8.37. The highest BCUT2D eigenvalue weighted by Crippen LogP contribution is 2.27. The number of hydrogen-bond donors (Lipinski definition) is 1. The summed E-state index contributed by atoms with van der Waals surface area (Å²) in [4.78, 5) is 36.2. The van der Waals surface area contributed by atoms with E-state index in [-0.39, 0.29) is 30.7 Å². The number of aliphatic imine (C=N–C) groups is 1. The molecule has 0 bridgehead atoms. The molecule has 3 heterocycles. The Bertz CT molecular complexity index is 997. The maximum Gasteiger partial charge on any atom is 0.223 e. The van der Waals surface area contributed by atoms with Crippen molar-refractivity contribution in [3.05, 3.63) is 51.0 Å². The summed E-state index contributed by atoms with van der Waals surface area (Å²) in [6.07, 6.45) is 3.26. The highest BCUT2D eigenvalue weighted by atomic mass is 32.2. The number of carbonyl (C=O) groups excluding carboxylic acids is 2. The number of thioether (sulfide) groups is 1. The number of amides is 2. The lowest BCUT2D eigenvalue weighted by Gasteiger charge is -2.24. The zero-order chi connectivity index (χ0) is 22.5. The zero-order valence-electron chi connectivity index (χ0n) is 18.7. The number of nitrogens with zero attached hydrogens (tertiary/aromatic N) is 3. The first-order valence-corrected chi connectivity index (χ1v) is 13.1. The van der Waals surface area contributed by atoms with Gasteiger partial charge in [-0.2, -0.15) is 0 Å². The topological polar surface area (TPSA) is 74.7 Å². The lowest BCUT2D eigenvalue weighted by atomic mass is 9.99. The largest absolute Gasteiger partial charge is 0.350 e. The van der Waals surface area contributed by atoms with Crippen LogP contribution in [0.4, 0.5) is 0 Å². The average molecular weight is 471 g/mol. The predicted octanol–water partition coefficient (Wildman–Crippen LogP) is 3.88. The first-order chi connectivity index (χ1) is 15.5. The molecule has 4 rings (SSSR count). The number of hydrogen-bond acceptors (Lipinski definition) is 6. The van der Waals surface area contributed by atoms with Crippen LogP contribution in [0.3, 0.4) is 0 Å². The van der Waals surface area contributed by atoms with Gasteiger partial charge in [-0.25, -0.2) is 4.98 Å². The zero-order valence-corrected chi connectivity index (χ0v) is 20.4. The van der Waals surface area contributed by atoms with E-state index >= 15 is 0 Å². The van der Waals surface area contributed by atoms with E-state index in [1.54, 1.807) is 23.1 Å². The summed E-state index contributed by atoms with van der Waals surface area (Å²) in [7, 11) is 0. The van der Waals surface area contributed by atoms with Crippen molar-refractivity contribution in [1.82, 2.24) is 15.2 Å². The smallest absolute Gasteiger partial charge is 0.223 e. The van der Waals surface area contributed by atoms with Gasteiger partial charge in [0, 0.05) is 43.5 Å². The van der Waals surface area contributed by atoms with Crippen LogP contribution in [0.15, 0.2) is 28.6 Å². The number of rotatable bonds is 8. The van der Waals surface area contributed by atoms with Gasteiger partial charge in [0.05, 0.1) is 23.3 Å². The van der Waals surface area contributed by atoms with Crippen molar-refractivity contribution in [2.75, 3.05) is 18.8 Å². The molecule has 2 aliphatic rings. The van der Waals surface area contributed by atoms with E-state index in [1.807, 2.05) is 4.90 Å². The fraction of sp³-hybridized carbons (Fsp3) is 0.500. The van der Waals surface area contributed by atoms with E-state index in [0.29, 0.717) is 6.54 Å². The van der Waals surface area contributed by atoms with Gasteiger partial charge in [0.15, 0.2) is 0 Å². The Balaban J connectivity index is 1.23. The summed E-state index contributed by atoms with van der Waals surface area (Å²) < 4.78 is 0. The SMILES string of the molecule is Cc1cccc(C)c1Cc1csc(CNC(=O)CCC(=O)N2CCCC2C2=NCCS2)n1. The maximum absolute atomic E-state index is 12.7. The van der Waals surface area contributed by atoms with Gasteiger partial charge in [-0.1, -0.05) is 18.2 Å². The monoisotopic (exact) mass is 470 g/mol. The molecule has 1 saturated heterocycles. The summed E-state index contributed by atoms with van der Waals surface area (Å²) in [6.45, 7) is 6.28. The molecule has 1 fully saturated rings. The van der Waals surface area contributed by atoms with Crippen molar-refractivity contribution in [2.24, 2.45) is 4.99 Å². The molecule has 0 saturated carbocycles. The fourth-order valence-electron chi connectivity index (χ4n) is 4.32. The van der Waals surface area contributed by atoms with Crippen LogP contribution in [0.5, 0.6) is 0 Å². The van der Waals surface area contributed by atoms with Crippen LogP contribution < -0.4 is 5.32 Å². The Labute approximate surface area is 197 Å². The van der Waals surface area contributed by atoms with Crippen LogP contribution in [0.2, 0.25) is 0 Å². The van der Waals surface area contributed by atoms with Gasteiger partial charge in [-0.3, -0.25) is 14.6 Å². The van der Waals surface area contributed by atoms with Crippen LogP contribution in [-0.4, -0.2) is 51.6 Å². The number of carbonyl (C=O) groups is 2. The number of benzene rings is 1. The lowest BCUT2D eigenvalue weighted by Crippen LogP contribution is -2.39. The Morgan fingerprint density at radius 2 is 2.03 bits per heavy atom. The number of aryl methyl sites for hydroxylation is 2. The number of nitrogens with one attached hydrogen (secondary N) is 1. The van der Waals surface area contributed by atoms with Crippen LogP contribution >= 0.6 is 23.1 Å². The Kier molecular flexibility index (Phi) is 7.63. The lowest BCUT2D eigenvalue weighted by molar-refractivity contribution is -0.133. The van der Waals surface area contributed by atoms with Gasteiger partial charge in [0.25, 0.3) is 0 Å². The van der Waals surface area contributed by atoms with Gasteiger partial charge >= 0.3 is 0 Å². The Hall–Kier alpha value is -2.19. The third-order valence-electron chi connectivity index (χ3n) is 6.07. The molecule has 8 heteroatoms. The summed E-state index contributed by atoms with van der Waals surface area (Å²) in [6, 6.07) is 6.46. The van der Waals surface area contributed by atoms with Crippen molar-refractivity contribution in [2.45, 2.75) is 58.5 Å². The molecule has 0 radical (unpaired) electrons. The quantitative estimate of drug-likeness (QED) is 0.635. The van der Waals surface area contributed by atoms with Crippen molar-refractivity contribution in [3.8, 4) is 0 Å². The highest BCUT2D eigenvalue weighted by molar-refractivity contribution is 8.14. The molecule has 1 aromatic carbocycles. The summed E-state index contributed by atoms with van der Waals surface area (Å²) in [5, 5.41) is 6.97. The van der Waals surface area contributed by atoms with E-state index in [0.717, 1.165) is 53.9 Å². The third-order valence-corrected chi connectivity index (χ3v) is 8.05. The van der Waals surface area contributed by atoms with Crippen LogP contribution in [0, 0.1) is 13.8 Å². The van der Waals surface area contributed by atoms with Crippen LogP contribution in [0.25, 0.3) is 0 Å². The normalized spacial score (nSPS) is 18.1. The molecule has 2 aromatic rings. The molecule has 2 amide bonds. The van der Waals surface area contributed by atoms with E-state index < -0.39 is 0 Å². The van der Waals surface area contributed by atoms with Crippen LogP contribution in [0.1, 0.15) is 53.1 Å². The summed E-state index contributed by atoms with van der Waals surface area (Å²) >= 11 is 3.33. The Morgan fingerprint density at radius 1 is 1.22 bits per heavy atom. The van der Waals surface area contributed by atoms with Crippen molar-refractivity contribution < 1.29 is 9.59 Å². The van der Waals surface area contributed by atoms with Gasteiger partial charge in [-0.15, -0.1) is 23.1 Å². The van der Waals surface area contributed by atoms with Crippen molar-refractivity contribution in [1.29, 1.82) is 0 Å². The molecule has 0 spiro atoms. The molecule has 1 atom stereocenters. The van der Waals surface area contributed by atoms with Gasteiger partial charge in [0.1, 0.15) is 5.01 Å². The highest BCUT2D eigenvalue weighted by Gasteiger charge is 2.33. The van der Waals surface area contributed by atoms with E-state index in [2.05, 4.69) is 52.7 Å². The van der Waals surface area contributed by atoms with Crippen molar-refractivity contribution in [3.63, 3.8) is 0 Å². The second kappa shape index (κ2) is 10.6. The minimum Gasteiger partial charge on any atom is -0.350 e. The van der Waals surface area contributed by atoms with Crippen molar-refractivity contribution >= 4 is 40.0 Å². The maximum atomic E-state index is 12.7. The Morgan fingerprint density at radius 3 is 2.78 bits per heavy atom. The standard InChI is InChI=1S/C24H30N4O2S2/c1-16-5-3-6-17(2)19(16)13-18-15-32-22(27-18)14-26-21(29)8-9-23(30)28-11-4-7-20(28)24-25-10-12-31-24/h3,5-6,15,20H,4,7-14H2,1-2H3,(H,26,29). The third kappa shape index (κ3) is 5.59. The summed E-state index contributed by atoms with van der Waals surface area (Å²) in [5.74, 6) is 0.968. The van der Waals surface area contributed by atoms with E-state index in [9.17, 15) is 9.59 Å². The molecule has 1 unspecified atom stereocenters. The molecular weight excluding hydrogens is 440 g/mol.